The van der Waals surface area contributed by atoms with E-state index < -0.39 is 0 Å². The maximum Gasteiger partial charge on any atom is 0.148 e. The highest BCUT2D eigenvalue weighted by molar-refractivity contribution is 5.76. The van der Waals surface area contributed by atoms with Crippen molar-refractivity contribution in [3.8, 4) is 0 Å². The fraction of sp³-hybridized carbons (Fsp3) is 0.529. The molecular weight excluding hydrogens is 260 g/mol. The zero-order chi connectivity index (χ0) is 14.7. The summed E-state index contributed by atoms with van der Waals surface area (Å²) in [7, 11) is 2.23. The van der Waals surface area contributed by atoms with Gasteiger partial charge in [-0.2, -0.15) is 0 Å². The van der Waals surface area contributed by atoms with Gasteiger partial charge in [-0.25, -0.2) is 9.97 Å². The number of aryl methyl sites for hydroxylation is 1. The number of nitrogens with one attached hydrogen (secondary N) is 1. The maximum absolute atomic E-state index is 4.68. The summed E-state index contributed by atoms with van der Waals surface area (Å²) in [6.07, 6.45) is 5.48. The summed E-state index contributed by atoms with van der Waals surface area (Å²) in [6, 6.07) is 8.80. The number of fused-ring (bicyclic) bond motifs is 1. The molecule has 112 valence electrons. The molecule has 0 aliphatic heterocycles. The van der Waals surface area contributed by atoms with Crippen molar-refractivity contribution in [3.05, 3.63) is 30.0 Å². The second-order valence-corrected chi connectivity index (χ2v) is 5.99. The van der Waals surface area contributed by atoms with Crippen molar-refractivity contribution >= 4 is 16.9 Å². The Balaban J connectivity index is 1.61. The number of anilines is 1. The molecule has 1 saturated carbocycles. The SMILES string of the molecule is Cc1nc2ccccc2nc1NCCN(C)C1CCCC1. The van der Waals surface area contributed by atoms with Crippen LogP contribution in [0.1, 0.15) is 31.4 Å². The van der Waals surface area contributed by atoms with Crippen molar-refractivity contribution in [2.75, 3.05) is 25.5 Å². The van der Waals surface area contributed by atoms with Gasteiger partial charge in [0.2, 0.25) is 0 Å². The van der Waals surface area contributed by atoms with Crippen molar-refractivity contribution in [1.29, 1.82) is 0 Å². The average Bonchev–Trinajstić information content (AvgIpc) is 3.02. The molecule has 4 heteroatoms. The van der Waals surface area contributed by atoms with Gasteiger partial charge in [0.05, 0.1) is 16.7 Å². The molecule has 0 radical (unpaired) electrons. The zero-order valence-corrected chi connectivity index (χ0v) is 13.0. The smallest absolute Gasteiger partial charge is 0.148 e. The van der Waals surface area contributed by atoms with E-state index in [4.69, 9.17) is 0 Å². The van der Waals surface area contributed by atoms with E-state index in [1.807, 2.05) is 31.2 Å². The predicted octanol–water partition coefficient (Wildman–Crippen LogP) is 3.22. The third-order valence-corrected chi connectivity index (χ3v) is 4.45. The van der Waals surface area contributed by atoms with Crippen molar-refractivity contribution in [2.24, 2.45) is 0 Å². The Morgan fingerprint density at radius 3 is 2.52 bits per heavy atom. The summed E-state index contributed by atoms with van der Waals surface area (Å²) in [5, 5.41) is 3.44. The lowest BCUT2D eigenvalue weighted by atomic mass is 10.2. The number of hydrogen-bond acceptors (Lipinski definition) is 4. The maximum atomic E-state index is 4.68. The van der Waals surface area contributed by atoms with Crippen molar-refractivity contribution in [1.82, 2.24) is 14.9 Å². The first-order chi connectivity index (χ1) is 10.2. The van der Waals surface area contributed by atoms with Crippen LogP contribution in [0.5, 0.6) is 0 Å². The minimum Gasteiger partial charge on any atom is -0.367 e. The van der Waals surface area contributed by atoms with Gasteiger partial charge >= 0.3 is 0 Å². The minimum atomic E-state index is 0.774. The third kappa shape index (κ3) is 3.32. The molecule has 0 bridgehead atoms. The molecule has 1 aromatic carbocycles. The quantitative estimate of drug-likeness (QED) is 0.915. The molecule has 0 atom stereocenters. The molecule has 1 aliphatic rings. The molecular formula is C17H24N4. The number of benzene rings is 1. The molecule has 2 aromatic rings. The monoisotopic (exact) mass is 284 g/mol. The Morgan fingerprint density at radius 2 is 1.81 bits per heavy atom. The van der Waals surface area contributed by atoms with Gasteiger partial charge in [0.15, 0.2) is 0 Å². The van der Waals surface area contributed by atoms with Crippen molar-refractivity contribution < 1.29 is 0 Å². The average molecular weight is 284 g/mol. The lowest BCUT2D eigenvalue weighted by Gasteiger charge is -2.24. The molecule has 1 fully saturated rings. The van der Waals surface area contributed by atoms with Crippen LogP contribution in [0, 0.1) is 6.92 Å². The van der Waals surface area contributed by atoms with Gasteiger partial charge < -0.3 is 10.2 Å². The normalized spacial score (nSPS) is 16.0. The van der Waals surface area contributed by atoms with Gasteiger partial charge in [-0.05, 0) is 38.9 Å². The van der Waals surface area contributed by atoms with Gasteiger partial charge in [-0.15, -0.1) is 0 Å². The van der Waals surface area contributed by atoms with Crippen LogP contribution in [0.4, 0.5) is 5.82 Å². The Morgan fingerprint density at radius 1 is 1.14 bits per heavy atom. The molecule has 4 nitrogen and oxygen atoms in total. The topological polar surface area (TPSA) is 41.1 Å². The van der Waals surface area contributed by atoms with E-state index in [2.05, 4.69) is 27.2 Å². The van der Waals surface area contributed by atoms with E-state index in [-0.39, 0.29) is 0 Å². The van der Waals surface area contributed by atoms with Gasteiger partial charge in [0.1, 0.15) is 5.82 Å². The number of hydrogen-bond donors (Lipinski definition) is 1. The van der Waals surface area contributed by atoms with Crippen LogP contribution in [-0.4, -0.2) is 41.0 Å². The van der Waals surface area contributed by atoms with E-state index >= 15 is 0 Å². The van der Waals surface area contributed by atoms with E-state index in [1.165, 1.54) is 25.7 Å². The lowest BCUT2D eigenvalue weighted by Crippen LogP contribution is -2.33. The molecule has 3 rings (SSSR count). The first kappa shape index (κ1) is 14.3. The molecule has 0 unspecified atom stereocenters. The van der Waals surface area contributed by atoms with Crippen LogP contribution in [0.2, 0.25) is 0 Å². The van der Waals surface area contributed by atoms with E-state index in [1.54, 1.807) is 0 Å². The molecule has 1 N–H and O–H groups in total. The first-order valence-electron chi connectivity index (χ1n) is 7.91. The summed E-state index contributed by atoms with van der Waals surface area (Å²) in [5.74, 6) is 0.911. The molecule has 21 heavy (non-hydrogen) atoms. The largest absolute Gasteiger partial charge is 0.367 e. The fourth-order valence-corrected chi connectivity index (χ4v) is 3.13. The lowest BCUT2D eigenvalue weighted by molar-refractivity contribution is 0.254. The fourth-order valence-electron chi connectivity index (χ4n) is 3.13. The number of likely N-dealkylation sites (N-methyl/N-ethyl adjacent to an activating group) is 1. The molecule has 0 saturated heterocycles. The standard InChI is InChI=1S/C17H24N4/c1-13-17(20-16-10-6-5-9-15(16)19-13)18-11-12-21(2)14-7-3-4-8-14/h5-6,9-10,14H,3-4,7-8,11-12H2,1-2H3,(H,18,20). The second kappa shape index (κ2) is 6.39. The number of para-hydroxylation sites is 2. The summed E-state index contributed by atoms with van der Waals surface area (Å²) in [6.45, 7) is 3.99. The molecule has 0 amide bonds. The van der Waals surface area contributed by atoms with E-state index in [0.717, 1.165) is 41.7 Å². The highest BCUT2D eigenvalue weighted by Gasteiger charge is 2.18. The zero-order valence-electron chi connectivity index (χ0n) is 13.0. The second-order valence-electron chi connectivity index (χ2n) is 5.99. The minimum absolute atomic E-state index is 0.774. The Kier molecular flexibility index (Phi) is 4.34. The van der Waals surface area contributed by atoms with Crippen LogP contribution in [0.15, 0.2) is 24.3 Å². The summed E-state index contributed by atoms with van der Waals surface area (Å²) in [4.78, 5) is 11.8. The Labute approximate surface area is 126 Å². The van der Waals surface area contributed by atoms with Crippen LogP contribution in [-0.2, 0) is 0 Å². The van der Waals surface area contributed by atoms with Crippen molar-refractivity contribution in [2.45, 2.75) is 38.6 Å². The van der Waals surface area contributed by atoms with E-state index in [9.17, 15) is 0 Å². The number of aromatic nitrogens is 2. The predicted molar refractivity (Wildman–Crippen MR) is 87.7 cm³/mol. The third-order valence-electron chi connectivity index (χ3n) is 4.45. The molecule has 0 spiro atoms. The Bertz CT molecular complexity index is 605. The molecule has 1 aromatic heterocycles. The van der Waals surface area contributed by atoms with Crippen LogP contribution >= 0.6 is 0 Å². The van der Waals surface area contributed by atoms with Gasteiger partial charge in [0, 0.05) is 19.1 Å². The van der Waals surface area contributed by atoms with Crippen LogP contribution in [0.25, 0.3) is 11.0 Å². The van der Waals surface area contributed by atoms with Gasteiger partial charge in [-0.1, -0.05) is 25.0 Å². The highest BCUT2D eigenvalue weighted by Crippen LogP contribution is 2.22. The van der Waals surface area contributed by atoms with E-state index in [0.29, 0.717) is 0 Å². The first-order valence-corrected chi connectivity index (χ1v) is 7.91. The molecule has 1 heterocycles. The van der Waals surface area contributed by atoms with Crippen LogP contribution < -0.4 is 5.32 Å². The van der Waals surface area contributed by atoms with Crippen LogP contribution in [0.3, 0.4) is 0 Å². The highest BCUT2D eigenvalue weighted by atomic mass is 15.2. The van der Waals surface area contributed by atoms with Crippen molar-refractivity contribution in [3.63, 3.8) is 0 Å². The van der Waals surface area contributed by atoms with Gasteiger partial charge in [0.25, 0.3) is 0 Å². The summed E-state index contributed by atoms with van der Waals surface area (Å²) in [5.41, 5.74) is 2.88. The Hall–Kier alpha value is -1.68. The van der Waals surface area contributed by atoms with Gasteiger partial charge in [-0.3, -0.25) is 0 Å². The summed E-state index contributed by atoms with van der Waals surface area (Å²) >= 11 is 0. The summed E-state index contributed by atoms with van der Waals surface area (Å²) < 4.78 is 0. The molecule has 1 aliphatic carbocycles. The number of nitrogens with zero attached hydrogens (tertiary/aromatic N) is 3. The number of rotatable bonds is 5.